The first-order valence-electron chi connectivity index (χ1n) is 3.44. The SMILES string of the molecule is CN(C)C1=CC=[PH](C)C=C1. The molecule has 56 valence electrons. The van der Waals surface area contributed by atoms with Crippen molar-refractivity contribution in [3.63, 3.8) is 0 Å². The van der Waals surface area contributed by atoms with Crippen LogP contribution in [0.3, 0.4) is 0 Å². The highest BCUT2D eigenvalue weighted by Gasteiger charge is 1.95. The number of allylic oxidation sites excluding steroid dienone is 2. The quantitative estimate of drug-likeness (QED) is 0.520. The van der Waals surface area contributed by atoms with Crippen molar-refractivity contribution in [2.24, 2.45) is 0 Å². The Morgan fingerprint density at radius 3 is 2.50 bits per heavy atom. The molecule has 0 aromatic rings. The molecule has 1 nitrogen and oxygen atoms in total. The lowest BCUT2D eigenvalue weighted by atomic mass is 10.4. The highest BCUT2D eigenvalue weighted by molar-refractivity contribution is 7.60. The summed E-state index contributed by atoms with van der Waals surface area (Å²) in [5, 5.41) is 0. The van der Waals surface area contributed by atoms with Crippen LogP contribution in [-0.4, -0.2) is 31.5 Å². The maximum Gasteiger partial charge on any atom is 0.0361 e. The topological polar surface area (TPSA) is 3.24 Å². The first-order chi connectivity index (χ1) is 4.70. The number of hydrogen-bond donors (Lipinski definition) is 0. The van der Waals surface area contributed by atoms with Crippen LogP contribution in [0.2, 0.25) is 0 Å². The van der Waals surface area contributed by atoms with Crippen LogP contribution in [0.4, 0.5) is 0 Å². The van der Waals surface area contributed by atoms with E-state index in [1.807, 2.05) is 0 Å². The van der Waals surface area contributed by atoms with E-state index in [2.05, 4.69) is 49.4 Å². The van der Waals surface area contributed by atoms with Gasteiger partial charge in [-0.05, 0) is 18.8 Å². The molecule has 0 fully saturated rings. The van der Waals surface area contributed by atoms with Gasteiger partial charge in [0, 0.05) is 19.8 Å². The zero-order chi connectivity index (χ0) is 7.56. The van der Waals surface area contributed by atoms with E-state index in [4.69, 9.17) is 0 Å². The Morgan fingerprint density at radius 1 is 1.40 bits per heavy atom. The predicted molar refractivity (Wildman–Crippen MR) is 51.2 cm³/mol. The van der Waals surface area contributed by atoms with Crippen LogP contribution in [0, 0.1) is 0 Å². The van der Waals surface area contributed by atoms with Gasteiger partial charge in [0.1, 0.15) is 0 Å². The molecule has 0 radical (unpaired) electrons. The van der Waals surface area contributed by atoms with Gasteiger partial charge in [-0.3, -0.25) is 0 Å². The highest BCUT2D eigenvalue weighted by Crippen LogP contribution is 2.22. The van der Waals surface area contributed by atoms with Gasteiger partial charge in [-0.25, -0.2) is 0 Å². The van der Waals surface area contributed by atoms with Crippen LogP contribution in [0.5, 0.6) is 0 Å². The first kappa shape index (κ1) is 7.68. The van der Waals surface area contributed by atoms with Gasteiger partial charge in [0.05, 0.1) is 0 Å². The molecule has 0 aromatic carbocycles. The Balaban J connectivity index is 2.78. The molecule has 1 heterocycles. The molecule has 0 bridgehead atoms. The van der Waals surface area contributed by atoms with E-state index >= 15 is 0 Å². The predicted octanol–water partition coefficient (Wildman–Crippen LogP) is 1.61. The highest BCUT2D eigenvalue weighted by atomic mass is 31.1. The Morgan fingerprint density at radius 2 is 2.10 bits per heavy atom. The summed E-state index contributed by atoms with van der Waals surface area (Å²) in [4.78, 5) is 2.13. The third-order valence-electron chi connectivity index (χ3n) is 1.55. The molecule has 0 spiro atoms. The van der Waals surface area contributed by atoms with Crippen molar-refractivity contribution in [3.8, 4) is 0 Å². The summed E-state index contributed by atoms with van der Waals surface area (Å²) < 4.78 is 0. The minimum Gasteiger partial charge on any atom is -0.378 e. The monoisotopic (exact) mass is 155 g/mol. The summed E-state index contributed by atoms with van der Waals surface area (Å²) in [5.41, 5.74) is 1.30. The Kier molecular flexibility index (Phi) is 2.39. The maximum absolute atomic E-state index is 2.31. The average molecular weight is 155 g/mol. The van der Waals surface area contributed by atoms with E-state index < -0.39 is 0 Å². The summed E-state index contributed by atoms with van der Waals surface area (Å²) in [7, 11) is 3.87. The summed E-state index contributed by atoms with van der Waals surface area (Å²) in [5.74, 6) is 4.61. The largest absolute Gasteiger partial charge is 0.378 e. The maximum atomic E-state index is 2.31. The van der Waals surface area contributed by atoms with E-state index in [1.54, 1.807) is 0 Å². The molecule has 10 heavy (non-hydrogen) atoms. The minimum atomic E-state index is -0.267. The fourth-order valence-electron chi connectivity index (χ4n) is 0.843. The zero-order valence-corrected chi connectivity index (χ0v) is 7.76. The lowest BCUT2D eigenvalue weighted by Gasteiger charge is -2.15. The van der Waals surface area contributed by atoms with Crippen molar-refractivity contribution in [1.82, 2.24) is 4.90 Å². The molecule has 1 aliphatic heterocycles. The van der Waals surface area contributed by atoms with Crippen LogP contribution < -0.4 is 0 Å². The van der Waals surface area contributed by atoms with Gasteiger partial charge in [0.25, 0.3) is 0 Å². The molecule has 1 aliphatic rings. The second-order valence-corrected chi connectivity index (χ2v) is 4.88. The number of hydrogen-bond acceptors (Lipinski definition) is 1. The van der Waals surface area contributed by atoms with E-state index in [1.165, 1.54) is 5.70 Å². The van der Waals surface area contributed by atoms with Crippen molar-refractivity contribution >= 4 is 13.3 Å². The van der Waals surface area contributed by atoms with Crippen LogP contribution in [0.15, 0.2) is 23.7 Å². The minimum absolute atomic E-state index is 0.267. The van der Waals surface area contributed by atoms with Crippen molar-refractivity contribution in [3.05, 3.63) is 23.7 Å². The van der Waals surface area contributed by atoms with E-state index in [9.17, 15) is 0 Å². The molecule has 1 rings (SSSR count). The standard InChI is InChI=1S/C8H14NP/c1-9(2)8-4-6-10(3)7-5-8/h4-7,10H,1-3H3. The molecule has 0 N–H and O–H groups in total. The summed E-state index contributed by atoms with van der Waals surface area (Å²) >= 11 is 0. The van der Waals surface area contributed by atoms with Crippen LogP contribution in [0.25, 0.3) is 0 Å². The molecule has 2 heteroatoms. The molecule has 0 aromatic heterocycles. The third kappa shape index (κ3) is 1.78. The molecule has 0 saturated carbocycles. The summed E-state index contributed by atoms with van der Waals surface area (Å²) in [6.07, 6.45) is 4.41. The number of likely N-dealkylation sites (N-methyl/N-ethyl adjacent to an activating group) is 1. The van der Waals surface area contributed by atoms with Gasteiger partial charge in [0.15, 0.2) is 0 Å². The third-order valence-corrected chi connectivity index (χ3v) is 2.94. The molecule has 0 amide bonds. The van der Waals surface area contributed by atoms with Gasteiger partial charge < -0.3 is 4.90 Å². The number of rotatable bonds is 1. The van der Waals surface area contributed by atoms with Crippen molar-refractivity contribution in [1.29, 1.82) is 0 Å². The lowest BCUT2D eigenvalue weighted by Crippen LogP contribution is -2.09. The summed E-state index contributed by atoms with van der Waals surface area (Å²) in [6, 6.07) is 0. The molecule has 1 atom stereocenters. The normalized spacial score (nSPS) is 23.5. The Hall–Kier alpha value is -0.420. The van der Waals surface area contributed by atoms with Crippen LogP contribution >= 0.6 is 7.55 Å². The number of nitrogens with zero attached hydrogens (tertiary/aromatic N) is 1. The van der Waals surface area contributed by atoms with Gasteiger partial charge >= 0.3 is 0 Å². The van der Waals surface area contributed by atoms with Crippen molar-refractivity contribution in [2.45, 2.75) is 0 Å². The molecule has 0 aliphatic carbocycles. The molecule has 0 saturated heterocycles. The lowest BCUT2D eigenvalue weighted by molar-refractivity contribution is 0.531. The fourth-order valence-corrected chi connectivity index (χ4v) is 1.82. The van der Waals surface area contributed by atoms with Gasteiger partial charge in [-0.15, -0.1) is 0 Å². The van der Waals surface area contributed by atoms with E-state index in [0.29, 0.717) is 0 Å². The van der Waals surface area contributed by atoms with Crippen molar-refractivity contribution < 1.29 is 0 Å². The molecular weight excluding hydrogens is 141 g/mol. The van der Waals surface area contributed by atoms with Gasteiger partial charge in [-0.1, -0.05) is 19.2 Å². The Labute approximate surface area is 63.4 Å². The smallest absolute Gasteiger partial charge is 0.0361 e. The Bertz CT molecular complexity index is 211. The second-order valence-electron chi connectivity index (χ2n) is 2.73. The first-order valence-corrected chi connectivity index (χ1v) is 5.59. The van der Waals surface area contributed by atoms with E-state index in [0.717, 1.165) is 0 Å². The fraction of sp³-hybridized carbons (Fsp3) is 0.375. The van der Waals surface area contributed by atoms with Gasteiger partial charge in [0.2, 0.25) is 0 Å². The van der Waals surface area contributed by atoms with Gasteiger partial charge in [-0.2, -0.15) is 0 Å². The van der Waals surface area contributed by atoms with Crippen molar-refractivity contribution in [2.75, 3.05) is 20.8 Å². The second kappa shape index (κ2) is 3.12. The van der Waals surface area contributed by atoms with Crippen LogP contribution in [0.1, 0.15) is 0 Å². The average Bonchev–Trinajstić information content (AvgIpc) is 1.88. The summed E-state index contributed by atoms with van der Waals surface area (Å²) in [6.45, 7) is 2.28. The van der Waals surface area contributed by atoms with E-state index in [-0.39, 0.29) is 7.55 Å². The molecular formula is C8H14NP. The zero-order valence-electron chi connectivity index (χ0n) is 6.76. The molecule has 1 unspecified atom stereocenters. The van der Waals surface area contributed by atoms with Crippen LogP contribution in [-0.2, 0) is 0 Å².